The molecule has 0 aliphatic carbocycles. The zero-order valence-electron chi connectivity index (χ0n) is 18.7. The molecule has 0 atom stereocenters. The Morgan fingerprint density at radius 2 is 1.76 bits per heavy atom. The predicted molar refractivity (Wildman–Crippen MR) is 128 cm³/mol. The molecule has 1 aliphatic heterocycles. The predicted octanol–water partition coefficient (Wildman–Crippen LogP) is 3.82. The first-order valence-corrected chi connectivity index (χ1v) is 11.2. The van der Waals surface area contributed by atoms with E-state index >= 15 is 0 Å². The standard InChI is InChI=1S/C27H29N3O3/c31-27(29-19-23-5-1-2-6-24(23)20-30-15-17-32-18-16-30)13-10-22-8-11-26(12-9-22)33-21-25-7-3-4-14-28-25/h1-14H,15-21H2,(H,29,31)/b13-10+. The minimum absolute atomic E-state index is 0.119. The average Bonchev–Trinajstić information content (AvgIpc) is 2.87. The summed E-state index contributed by atoms with van der Waals surface area (Å²) in [4.78, 5) is 19.0. The van der Waals surface area contributed by atoms with Crippen LogP contribution in [0.15, 0.2) is 79.0 Å². The van der Waals surface area contributed by atoms with E-state index in [2.05, 4.69) is 27.3 Å². The van der Waals surface area contributed by atoms with E-state index in [1.165, 1.54) is 5.56 Å². The van der Waals surface area contributed by atoms with E-state index in [1.54, 1.807) is 18.3 Å². The van der Waals surface area contributed by atoms with Gasteiger partial charge in [-0.25, -0.2) is 0 Å². The van der Waals surface area contributed by atoms with Crippen molar-refractivity contribution in [2.24, 2.45) is 0 Å². The molecular formula is C27H29N3O3. The van der Waals surface area contributed by atoms with Crippen LogP contribution in [0.25, 0.3) is 6.08 Å². The topological polar surface area (TPSA) is 63.7 Å². The maximum Gasteiger partial charge on any atom is 0.244 e. The molecule has 170 valence electrons. The summed E-state index contributed by atoms with van der Waals surface area (Å²) in [6.45, 7) is 5.24. The van der Waals surface area contributed by atoms with E-state index in [0.717, 1.165) is 55.4 Å². The summed E-state index contributed by atoms with van der Waals surface area (Å²) in [7, 11) is 0. The van der Waals surface area contributed by atoms with Gasteiger partial charge in [0.25, 0.3) is 0 Å². The molecule has 33 heavy (non-hydrogen) atoms. The fraction of sp³-hybridized carbons (Fsp3) is 0.259. The molecule has 2 heterocycles. The number of hydrogen-bond donors (Lipinski definition) is 1. The SMILES string of the molecule is O=C(/C=C/c1ccc(OCc2ccccn2)cc1)NCc1ccccc1CN1CCOCC1. The number of rotatable bonds is 9. The number of hydrogen-bond acceptors (Lipinski definition) is 5. The Hall–Kier alpha value is -3.48. The Kier molecular flexibility index (Phi) is 8.22. The van der Waals surface area contributed by atoms with Gasteiger partial charge in [-0.1, -0.05) is 42.5 Å². The van der Waals surface area contributed by atoms with Gasteiger partial charge in [-0.15, -0.1) is 0 Å². The number of nitrogens with zero attached hydrogens (tertiary/aromatic N) is 2. The van der Waals surface area contributed by atoms with Crippen molar-refractivity contribution in [2.45, 2.75) is 19.7 Å². The van der Waals surface area contributed by atoms with Crippen LogP contribution in [0.5, 0.6) is 5.75 Å². The average molecular weight is 444 g/mol. The van der Waals surface area contributed by atoms with Crippen molar-refractivity contribution in [1.29, 1.82) is 0 Å². The lowest BCUT2D eigenvalue weighted by atomic mass is 10.1. The summed E-state index contributed by atoms with van der Waals surface area (Å²) in [6, 6.07) is 21.6. The normalized spacial score (nSPS) is 14.3. The summed E-state index contributed by atoms with van der Waals surface area (Å²) < 4.78 is 11.2. The van der Waals surface area contributed by atoms with Crippen LogP contribution >= 0.6 is 0 Å². The highest BCUT2D eigenvalue weighted by Crippen LogP contribution is 2.15. The first-order chi connectivity index (χ1) is 16.3. The van der Waals surface area contributed by atoms with Crippen LogP contribution in [0.1, 0.15) is 22.4 Å². The molecule has 1 saturated heterocycles. The fourth-order valence-electron chi connectivity index (χ4n) is 3.61. The minimum atomic E-state index is -0.119. The summed E-state index contributed by atoms with van der Waals surface area (Å²) in [5.41, 5.74) is 4.19. The Morgan fingerprint density at radius 1 is 1.00 bits per heavy atom. The summed E-state index contributed by atoms with van der Waals surface area (Å²) in [5.74, 6) is 0.644. The maximum absolute atomic E-state index is 12.4. The van der Waals surface area contributed by atoms with Crippen LogP contribution in [0.3, 0.4) is 0 Å². The molecule has 0 unspecified atom stereocenters. The van der Waals surface area contributed by atoms with E-state index in [-0.39, 0.29) is 5.91 Å². The third-order valence-corrected chi connectivity index (χ3v) is 5.49. The van der Waals surface area contributed by atoms with Gasteiger partial charge >= 0.3 is 0 Å². The van der Waals surface area contributed by atoms with Gasteiger partial charge in [-0.05, 0) is 47.0 Å². The highest BCUT2D eigenvalue weighted by Gasteiger charge is 2.12. The summed E-state index contributed by atoms with van der Waals surface area (Å²) in [5, 5.41) is 3.00. The molecule has 1 aromatic heterocycles. The number of ether oxygens (including phenoxy) is 2. The molecular weight excluding hydrogens is 414 g/mol. The summed E-state index contributed by atoms with van der Waals surface area (Å²) >= 11 is 0. The third kappa shape index (κ3) is 7.27. The molecule has 0 bridgehead atoms. The first kappa shape index (κ1) is 22.7. The van der Waals surface area contributed by atoms with E-state index in [1.807, 2.05) is 54.6 Å². The number of carbonyl (C=O) groups is 1. The van der Waals surface area contributed by atoms with Crippen molar-refractivity contribution in [1.82, 2.24) is 15.2 Å². The molecule has 0 saturated carbocycles. The number of benzene rings is 2. The minimum Gasteiger partial charge on any atom is -0.487 e. The molecule has 0 radical (unpaired) electrons. The molecule has 2 aromatic carbocycles. The zero-order valence-corrected chi connectivity index (χ0v) is 18.7. The monoisotopic (exact) mass is 443 g/mol. The molecule has 1 N–H and O–H groups in total. The molecule has 1 fully saturated rings. The van der Waals surface area contributed by atoms with Crippen molar-refractivity contribution in [3.8, 4) is 5.75 Å². The quantitative estimate of drug-likeness (QED) is 0.510. The van der Waals surface area contributed by atoms with Crippen LogP contribution in [0.4, 0.5) is 0 Å². The number of nitrogens with one attached hydrogen (secondary N) is 1. The lowest BCUT2D eigenvalue weighted by Crippen LogP contribution is -2.36. The Labute approximate surface area is 194 Å². The molecule has 6 nitrogen and oxygen atoms in total. The van der Waals surface area contributed by atoms with Gasteiger partial charge in [0, 0.05) is 38.5 Å². The van der Waals surface area contributed by atoms with E-state index < -0.39 is 0 Å². The van der Waals surface area contributed by atoms with Crippen LogP contribution in [0, 0.1) is 0 Å². The number of morpholine rings is 1. The van der Waals surface area contributed by atoms with Gasteiger partial charge in [-0.3, -0.25) is 14.7 Å². The Balaban J connectivity index is 1.25. The fourth-order valence-corrected chi connectivity index (χ4v) is 3.61. The van der Waals surface area contributed by atoms with E-state index in [9.17, 15) is 4.79 Å². The Morgan fingerprint density at radius 3 is 2.52 bits per heavy atom. The van der Waals surface area contributed by atoms with Gasteiger partial charge in [0.1, 0.15) is 12.4 Å². The van der Waals surface area contributed by atoms with Gasteiger partial charge in [0.2, 0.25) is 5.91 Å². The van der Waals surface area contributed by atoms with Crippen molar-refractivity contribution < 1.29 is 14.3 Å². The number of amides is 1. The van der Waals surface area contributed by atoms with Gasteiger partial charge in [0.15, 0.2) is 0 Å². The lowest BCUT2D eigenvalue weighted by Gasteiger charge is -2.27. The highest BCUT2D eigenvalue weighted by molar-refractivity contribution is 5.91. The maximum atomic E-state index is 12.4. The molecule has 0 spiro atoms. The van der Waals surface area contributed by atoms with Crippen LogP contribution < -0.4 is 10.1 Å². The molecule has 1 amide bonds. The van der Waals surface area contributed by atoms with Crippen molar-refractivity contribution >= 4 is 12.0 Å². The smallest absolute Gasteiger partial charge is 0.244 e. The lowest BCUT2D eigenvalue weighted by molar-refractivity contribution is -0.116. The van der Waals surface area contributed by atoms with E-state index in [0.29, 0.717) is 13.2 Å². The van der Waals surface area contributed by atoms with Crippen LogP contribution in [-0.4, -0.2) is 42.1 Å². The van der Waals surface area contributed by atoms with Gasteiger partial charge < -0.3 is 14.8 Å². The largest absolute Gasteiger partial charge is 0.487 e. The molecule has 3 aromatic rings. The third-order valence-electron chi connectivity index (χ3n) is 5.49. The van der Waals surface area contributed by atoms with E-state index in [4.69, 9.17) is 9.47 Å². The second-order valence-electron chi connectivity index (χ2n) is 7.89. The number of pyridine rings is 1. The molecule has 6 heteroatoms. The Bertz CT molecular complexity index is 1050. The van der Waals surface area contributed by atoms with Gasteiger partial charge in [0.05, 0.1) is 18.9 Å². The number of aromatic nitrogens is 1. The van der Waals surface area contributed by atoms with Crippen molar-refractivity contribution in [3.63, 3.8) is 0 Å². The highest BCUT2D eigenvalue weighted by atomic mass is 16.5. The van der Waals surface area contributed by atoms with Crippen molar-refractivity contribution in [2.75, 3.05) is 26.3 Å². The molecule has 1 aliphatic rings. The van der Waals surface area contributed by atoms with Crippen LogP contribution in [0.2, 0.25) is 0 Å². The molecule has 4 rings (SSSR count). The zero-order chi connectivity index (χ0) is 22.7. The second kappa shape index (κ2) is 11.9. The number of carbonyl (C=O) groups excluding carboxylic acids is 1. The second-order valence-corrected chi connectivity index (χ2v) is 7.89. The van der Waals surface area contributed by atoms with Crippen molar-refractivity contribution in [3.05, 3.63) is 101 Å². The summed E-state index contributed by atoms with van der Waals surface area (Å²) in [6.07, 6.45) is 5.12. The first-order valence-electron chi connectivity index (χ1n) is 11.2. The van der Waals surface area contributed by atoms with Gasteiger partial charge in [-0.2, -0.15) is 0 Å². The van der Waals surface area contributed by atoms with Crippen LogP contribution in [-0.2, 0) is 29.2 Å².